The summed E-state index contributed by atoms with van der Waals surface area (Å²) in [6.07, 6.45) is 0.670. The van der Waals surface area contributed by atoms with Crippen LogP contribution in [0.4, 0.5) is 10.1 Å². The van der Waals surface area contributed by atoms with E-state index in [2.05, 4.69) is 9.88 Å². The molecule has 1 N–H and O–H groups in total. The molecule has 146 valence electrons. The molecule has 0 aliphatic carbocycles. The fourth-order valence-electron chi connectivity index (χ4n) is 3.70. The molecule has 5 nitrogen and oxygen atoms in total. The van der Waals surface area contributed by atoms with Crippen LogP contribution in [0.15, 0.2) is 59.1 Å². The summed E-state index contributed by atoms with van der Waals surface area (Å²) in [5, 5.41) is 10.8. The predicted octanol–water partition coefficient (Wildman–Crippen LogP) is 3.53. The molecule has 1 saturated heterocycles. The first-order chi connectivity index (χ1) is 13.6. The number of piperazine rings is 1. The zero-order valence-electron chi connectivity index (χ0n) is 15.9. The number of hydrogen-bond acceptors (Lipinski definition) is 5. The maximum atomic E-state index is 14.8. The number of furan rings is 1. The SMILES string of the molecule is Cc1ccc(CN2CCN(c3c(F)cccc3[C@@H](O)c3ccccn3)CC2)o1. The normalized spacial score (nSPS) is 16.3. The summed E-state index contributed by atoms with van der Waals surface area (Å²) in [6, 6.07) is 14.2. The molecule has 1 aliphatic heterocycles. The van der Waals surface area contributed by atoms with E-state index >= 15 is 0 Å². The van der Waals surface area contributed by atoms with Crippen molar-refractivity contribution in [2.75, 3.05) is 31.1 Å². The minimum absolute atomic E-state index is 0.317. The molecule has 1 aliphatic rings. The molecule has 0 amide bonds. The lowest BCUT2D eigenvalue weighted by Crippen LogP contribution is -2.46. The lowest BCUT2D eigenvalue weighted by molar-refractivity contribution is 0.212. The van der Waals surface area contributed by atoms with E-state index in [9.17, 15) is 9.50 Å². The minimum atomic E-state index is -0.962. The van der Waals surface area contributed by atoms with Crippen molar-refractivity contribution in [2.24, 2.45) is 0 Å². The van der Waals surface area contributed by atoms with Crippen molar-refractivity contribution in [3.63, 3.8) is 0 Å². The van der Waals surface area contributed by atoms with E-state index in [0.29, 0.717) is 30.0 Å². The Balaban J connectivity index is 1.50. The number of para-hydroxylation sites is 1. The van der Waals surface area contributed by atoms with E-state index in [1.807, 2.05) is 30.0 Å². The molecular formula is C22H24FN3O2. The molecular weight excluding hydrogens is 357 g/mol. The molecule has 2 aromatic heterocycles. The number of nitrogens with zero attached hydrogens (tertiary/aromatic N) is 3. The van der Waals surface area contributed by atoms with Gasteiger partial charge in [-0.25, -0.2) is 4.39 Å². The number of benzene rings is 1. The number of aryl methyl sites for hydroxylation is 1. The summed E-state index contributed by atoms with van der Waals surface area (Å²) in [4.78, 5) is 8.53. The van der Waals surface area contributed by atoms with E-state index in [1.165, 1.54) is 6.07 Å². The van der Waals surface area contributed by atoms with Crippen LogP contribution in [0, 0.1) is 12.7 Å². The van der Waals surface area contributed by atoms with Gasteiger partial charge in [-0.1, -0.05) is 18.2 Å². The second-order valence-corrected chi connectivity index (χ2v) is 7.11. The van der Waals surface area contributed by atoms with Gasteiger partial charge in [-0.05, 0) is 37.3 Å². The predicted molar refractivity (Wildman–Crippen MR) is 106 cm³/mol. The molecule has 3 heterocycles. The van der Waals surface area contributed by atoms with Crippen molar-refractivity contribution in [1.82, 2.24) is 9.88 Å². The third kappa shape index (κ3) is 3.93. The molecule has 4 rings (SSSR count). The highest BCUT2D eigenvalue weighted by Gasteiger charge is 2.26. The fraction of sp³-hybridized carbons (Fsp3) is 0.318. The highest BCUT2D eigenvalue weighted by molar-refractivity contribution is 5.57. The third-order valence-electron chi connectivity index (χ3n) is 5.14. The van der Waals surface area contributed by atoms with Gasteiger partial charge in [-0.3, -0.25) is 9.88 Å². The second-order valence-electron chi connectivity index (χ2n) is 7.11. The number of aliphatic hydroxyl groups excluding tert-OH is 1. The highest BCUT2D eigenvalue weighted by atomic mass is 19.1. The van der Waals surface area contributed by atoms with E-state index in [-0.39, 0.29) is 5.82 Å². The van der Waals surface area contributed by atoms with Gasteiger partial charge in [0.05, 0.1) is 17.9 Å². The Bertz CT molecular complexity index is 921. The van der Waals surface area contributed by atoms with Crippen molar-refractivity contribution in [3.05, 3.63) is 83.3 Å². The first kappa shape index (κ1) is 18.7. The van der Waals surface area contributed by atoms with Crippen LogP contribution in [0.2, 0.25) is 0 Å². The average Bonchev–Trinajstić information content (AvgIpc) is 3.13. The summed E-state index contributed by atoms with van der Waals surface area (Å²) in [7, 11) is 0. The van der Waals surface area contributed by atoms with Crippen LogP contribution in [0.1, 0.15) is 28.9 Å². The van der Waals surface area contributed by atoms with Crippen LogP contribution in [-0.4, -0.2) is 41.2 Å². The van der Waals surface area contributed by atoms with Gasteiger partial charge in [-0.15, -0.1) is 0 Å². The molecule has 1 atom stereocenters. The standard InChI is InChI=1S/C22H24FN3O2/c1-16-8-9-17(28-16)15-25-11-13-26(14-12-25)21-18(5-4-6-19(21)23)22(27)20-7-2-3-10-24-20/h2-10,22,27H,11-15H2,1H3/t22-/m1/s1. The highest BCUT2D eigenvalue weighted by Crippen LogP contribution is 2.33. The van der Waals surface area contributed by atoms with Gasteiger partial charge in [0, 0.05) is 37.9 Å². The Kier molecular flexibility index (Phi) is 5.41. The molecule has 0 bridgehead atoms. The molecule has 1 aromatic carbocycles. The number of halogens is 1. The fourth-order valence-corrected chi connectivity index (χ4v) is 3.70. The molecule has 0 saturated carbocycles. The molecule has 0 radical (unpaired) electrons. The van der Waals surface area contributed by atoms with Crippen LogP contribution < -0.4 is 4.90 Å². The molecule has 0 unspecified atom stereocenters. The quantitative estimate of drug-likeness (QED) is 0.733. The van der Waals surface area contributed by atoms with Gasteiger partial charge < -0.3 is 14.4 Å². The van der Waals surface area contributed by atoms with Gasteiger partial charge in [0.2, 0.25) is 0 Å². The smallest absolute Gasteiger partial charge is 0.146 e. The van der Waals surface area contributed by atoms with Crippen molar-refractivity contribution < 1.29 is 13.9 Å². The van der Waals surface area contributed by atoms with E-state index in [1.54, 1.807) is 30.5 Å². The van der Waals surface area contributed by atoms with Crippen LogP contribution >= 0.6 is 0 Å². The Hall–Kier alpha value is -2.70. The Morgan fingerprint density at radius 3 is 2.57 bits per heavy atom. The number of hydrogen-bond donors (Lipinski definition) is 1. The summed E-state index contributed by atoms with van der Waals surface area (Å²) >= 11 is 0. The summed E-state index contributed by atoms with van der Waals surface area (Å²) in [5.41, 5.74) is 1.53. The largest absolute Gasteiger partial charge is 0.465 e. The van der Waals surface area contributed by atoms with Gasteiger partial charge in [0.15, 0.2) is 0 Å². The Morgan fingerprint density at radius 2 is 1.89 bits per heavy atom. The summed E-state index contributed by atoms with van der Waals surface area (Å²) in [5.74, 6) is 1.54. The maximum Gasteiger partial charge on any atom is 0.146 e. The van der Waals surface area contributed by atoms with Gasteiger partial charge in [0.1, 0.15) is 23.4 Å². The Labute approximate surface area is 164 Å². The number of rotatable bonds is 5. The first-order valence-electron chi connectivity index (χ1n) is 9.52. The van der Waals surface area contributed by atoms with Crippen LogP contribution in [0.5, 0.6) is 0 Å². The topological polar surface area (TPSA) is 52.7 Å². The van der Waals surface area contributed by atoms with Crippen molar-refractivity contribution in [2.45, 2.75) is 19.6 Å². The van der Waals surface area contributed by atoms with Crippen molar-refractivity contribution >= 4 is 5.69 Å². The number of aromatic nitrogens is 1. The van der Waals surface area contributed by atoms with Gasteiger partial charge in [0.25, 0.3) is 0 Å². The van der Waals surface area contributed by atoms with Crippen molar-refractivity contribution in [1.29, 1.82) is 0 Å². The monoisotopic (exact) mass is 381 g/mol. The number of aliphatic hydroxyl groups is 1. The first-order valence-corrected chi connectivity index (χ1v) is 9.52. The maximum absolute atomic E-state index is 14.8. The van der Waals surface area contributed by atoms with Gasteiger partial charge in [-0.2, -0.15) is 0 Å². The molecule has 1 fully saturated rings. The van der Waals surface area contributed by atoms with Gasteiger partial charge >= 0.3 is 0 Å². The summed E-state index contributed by atoms with van der Waals surface area (Å²) < 4.78 is 20.4. The number of anilines is 1. The number of pyridine rings is 1. The lowest BCUT2D eigenvalue weighted by Gasteiger charge is -2.37. The van der Waals surface area contributed by atoms with Crippen LogP contribution in [-0.2, 0) is 6.54 Å². The molecule has 0 spiro atoms. The molecule has 6 heteroatoms. The lowest BCUT2D eigenvalue weighted by atomic mass is 10.0. The van der Waals surface area contributed by atoms with Crippen LogP contribution in [0.25, 0.3) is 0 Å². The average molecular weight is 381 g/mol. The summed E-state index contributed by atoms with van der Waals surface area (Å²) in [6.45, 7) is 5.65. The second kappa shape index (κ2) is 8.12. The third-order valence-corrected chi connectivity index (χ3v) is 5.14. The molecule has 3 aromatic rings. The Morgan fingerprint density at radius 1 is 1.07 bits per heavy atom. The zero-order chi connectivity index (χ0) is 19.5. The van der Waals surface area contributed by atoms with E-state index < -0.39 is 6.10 Å². The molecule has 28 heavy (non-hydrogen) atoms. The van der Waals surface area contributed by atoms with E-state index in [0.717, 1.165) is 31.2 Å². The van der Waals surface area contributed by atoms with Crippen molar-refractivity contribution in [3.8, 4) is 0 Å². The minimum Gasteiger partial charge on any atom is -0.465 e. The van der Waals surface area contributed by atoms with Crippen LogP contribution in [0.3, 0.4) is 0 Å². The zero-order valence-corrected chi connectivity index (χ0v) is 15.9. The van der Waals surface area contributed by atoms with E-state index in [4.69, 9.17) is 4.42 Å².